The maximum atomic E-state index is 13.5. The zero-order valence-corrected chi connectivity index (χ0v) is 18.1. The van der Waals surface area contributed by atoms with Crippen molar-refractivity contribution in [2.75, 3.05) is 18.6 Å². The molecule has 1 amide bonds. The van der Waals surface area contributed by atoms with Crippen LogP contribution >= 0.6 is 0 Å². The van der Waals surface area contributed by atoms with Gasteiger partial charge in [0.1, 0.15) is 23.6 Å². The molecule has 0 bridgehead atoms. The van der Waals surface area contributed by atoms with Gasteiger partial charge in [0.25, 0.3) is 5.91 Å². The number of rotatable bonds is 5. The molecule has 2 aromatic heterocycles. The first-order valence-electron chi connectivity index (χ1n) is 10.7. The van der Waals surface area contributed by atoms with E-state index in [9.17, 15) is 9.59 Å². The number of furan rings is 1. The maximum Gasteiger partial charge on any atom is 0.341 e. The van der Waals surface area contributed by atoms with E-state index in [1.54, 1.807) is 17.0 Å². The van der Waals surface area contributed by atoms with Gasteiger partial charge in [-0.15, -0.1) is 0 Å². The van der Waals surface area contributed by atoms with Gasteiger partial charge in [0.15, 0.2) is 5.76 Å². The third-order valence-corrected chi connectivity index (χ3v) is 5.75. The zero-order valence-electron chi connectivity index (χ0n) is 18.1. The summed E-state index contributed by atoms with van der Waals surface area (Å²) < 4.78 is 16.3. The van der Waals surface area contributed by atoms with Crippen molar-refractivity contribution in [3.05, 3.63) is 89.5 Å². The molecule has 0 unspecified atom stereocenters. The molecule has 7 heteroatoms. The maximum absolute atomic E-state index is 13.5. The van der Waals surface area contributed by atoms with Crippen LogP contribution in [-0.4, -0.2) is 30.5 Å². The Kier molecular flexibility index (Phi) is 5.52. The van der Waals surface area contributed by atoms with Crippen molar-refractivity contribution in [2.24, 2.45) is 0 Å². The van der Waals surface area contributed by atoms with Gasteiger partial charge in [-0.05, 0) is 42.7 Å². The largest absolute Gasteiger partial charge is 0.483 e. The summed E-state index contributed by atoms with van der Waals surface area (Å²) in [4.78, 5) is 31.7. The van der Waals surface area contributed by atoms with Gasteiger partial charge in [0, 0.05) is 11.9 Å². The van der Waals surface area contributed by atoms with Gasteiger partial charge in [0.2, 0.25) is 0 Å². The number of ether oxygens (including phenoxy) is 2. The molecule has 33 heavy (non-hydrogen) atoms. The lowest BCUT2D eigenvalue weighted by atomic mass is 10.0. The molecule has 0 radical (unpaired) electrons. The molecule has 0 spiro atoms. The van der Waals surface area contributed by atoms with Crippen LogP contribution in [0.15, 0.2) is 71.3 Å². The Bertz CT molecular complexity index is 1340. The van der Waals surface area contributed by atoms with Crippen molar-refractivity contribution >= 4 is 28.5 Å². The summed E-state index contributed by atoms with van der Waals surface area (Å²) in [5, 5.41) is 0.983. The summed E-state index contributed by atoms with van der Waals surface area (Å²) in [6, 6.07) is 18.7. The molecule has 2 aromatic carbocycles. The summed E-state index contributed by atoms with van der Waals surface area (Å²) >= 11 is 0. The second kappa shape index (κ2) is 8.78. The van der Waals surface area contributed by atoms with Gasteiger partial charge in [-0.2, -0.15) is 0 Å². The highest BCUT2D eigenvalue weighted by molar-refractivity contribution is 6.07. The second-order valence-corrected chi connectivity index (χ2v) is 7.75. The number of amides is 1. The summed E-state index contributed by atoms with van der Waals surface area (Å²) in [6.45, 7) is 0.596. The number of para-hydroxylation sites is 2. The lowest BCUT2D eigenvalue weighted by Crippen LogP contribution is -2.36. The second-order valence-electron chi connectivity index (χ2n) is 7.75. The van der Waals surface area contributed by atoms with Crippen molar-refractivity contribution < 1.29 is 23.5 Å². The van der Waals surface area contributed by atoms with E-state index < -0.39 is 5.97 Å². The molecule has 1 aliphatic rings. The van der Waals surface area contributed by atoms with E-state index in [4.69, 9.17) is 13.9 Å². The van der Waals surface area contributed by atoms with E-state index in [-0.39, 0.29) is 12.5 Å². The Balaban J connectivity index is 1.45. The third-order valence-electron chi connectivity index (χ3n) is 5.75. The summed E-state index contributed by atoms with van der Waals surface area (Å²) in [5.41, 5.74) is 3.24. The minimum atomic E-state index is -0.489. The highest BCUT2D eigenvalue weighted by Crippen LogP contribution is 2.37. The number of anilines is 1. The third kappa shape index (κ3) is 3.93. The van der Waals surface area contributed by atoms with Crippen LogP contribution in [0.3, 0.4) is 0 Å². The first kappa shape index (κ1) is 20.8. The van der Waals surface area contributed by atoms with E-state index >= 15 is 0 Å². The monoisotopic (exact) mass is 442 g/mol. The van der Waals surface area contributed by atoms with E-state index in [0.29, 0.717) is 29.3 Å². The van der Waals surface area contributed by atoms with E-state index in [1.807, 2.05) is 48.5 Å². The highest BCUT2D eigenvalue weighted by atomic mass is 16.5. The van der Waals surface area contributed by atoms with Crippen LogP contribution in [0.25, 0.3) is 10.9 Å². The molecule has 3 heterocycles. The van der Waals surface area contributed by atoms with Crippen molar-refractivity contribution in [2.45, 2.75) is 19.4 Å². The van der Waals surface area contributed by atoms with Gasteiger partial charge in [-0.1, -0.05) is 36.4 Å². The van der Waals surface area contributed by atoms with Gasteiger partial charge >= 0.3 is 5.97 Å². The molecular weight excluding hydrogens is 420 g/mol. The number of aromatic nitrogens is 1. The number of fused-ring (bicyclic) bond motifs is 2. The first-order valence-corrected chi connectivity index (χ1v) is 10.7. The van der Waals surface area contributed by atoms with E-state index in [0.717, 1.165) is 35.0 Å². The summed E-state index contributed by atoms with van der Waals surface area (Å²) in [6.07, 6.45) is 3.11. The SMILES string of the molecule is COC(=O)c1ccoc1COc1cccc2c1N(C(=O)c1ccc3ccccc3n1)CCC2. The Morgan fingerprint density at radius 2 is 1.94 bits per heavy atom. The number of methoxy groups -OCH3 is 1. The molecule has 0 aliphatic carbocycles. The number of aryl methyl sites for hydroxylation is 1. The number of hydrogen-bond acceptors (Lipinski definition) is 6. The minimum absolute atomic E-state index is 0.0319. The molecule has 0 atom stereocenters. The Morgan fingerprint density at radius 3 is 2.82 bits per heavy atom. The summed E-state index contributed by atoms with van der Waals surface area (Å²) in [5.74, 6) is 0.250. The molecule has 4 aromatic rings. The molecule has 0 N–H and O–H groups in total. The Hall–Kier alpha value is -4.13. The van der Waals surface area contributed by atoms with Crippen molar-refractivity contribution in [1.82, 2.24) is 4.98 Å². The number of esters is 1. The molecule has 0 saturated carbocycles. The van der Waals surface area contributed by atoms with Crippen molar-refractivity contribution in [3.8, 4) is 5.75 Å². The molecule has 1 aliphatic heterocycles. The van der Waals surface area contributed by atoms with Crippen LogP contribution in [0.2, 0.25) is 0 Å². The number of hydrogen-bond donors (Lipinski definition) is 0. The van der Waals surface area contributed by atoms with Gasteiger partial charge in [-0.3, -0.25) is 4.79 Å². The number of carbonyl (C=O) groups is 2. The molecule has 5 rings (SSSR count). The fraction of sp³-hybridized carbons (Fsp3) is 0.192. The zero-order chi connectivity index (χ0) is 22.8. The predicted molar refractivity (Wildman–Crippen MR) is 123 cm³/mol. The van der Waals surface area contributed by atoms with Crippen LogP contribution < -0.4 is 9.64 Å². The quantitative estimate of drug-likeness (QED) is 0.414. The number of pyridine rings is 1. The van der Waals surface area contributed by atoms with Gasteiger partial charge in [-0.25, -0.2) is 9.78 Å². The number of carbonyl (C=O) groups excluding carboxylic acids is 2. The first-order chi connectivity index (χ1) is 16.2. The van der Waals surface area contributed by atoms with Crippen LogP contribution in [0.1, 0.15) is 38.6 Å². The Morgan fingerprint density at radius 1 is 1.06 bits per heavy atom. The van der Waals surface area contributed by atoms with Crippen LogP contribution in [0.4, 0.5) is 5.69 Å². The molecule has 7 nitrogen and oxygen atoms in total. The number of nitrogens with zero attached hydrogens (tertiary/aromatic N) is 2. The average Bonchev–Trinajstić information content (AvgIpc) is 3.34. The molecular formula is C26H22N2O5. The Labute approximate surface area is 190 Å². The topological polar surface area (TPSA) is 81.9 Å². The average molecular weight is 442 g/mol. The van der Waals surface area contributed by atoms with Crippen molar-refractivity contribution in [3.63, 3.8) is 0 Å². The molecule has 0 fully saturated rings. The fourth-order valence-corrected chi connectivity index (χ4v) is 4.15. The summed E-state index contributed by atoms with van der Waals surface area (Å²) in [7, 11) is 1.32. The fourth-order valence-electron chi connectivity index (χ4n) is 4.15. The number of benzene rings is 2. The van der Waals surface area contributed by atoms with E-state index in [1.165, 1.54) is 13.4 Å². The predicted octanol–water partition coefficient (Wildman–Crippen LogP) is 4.79. The van der Waals surface area contributed by atoms with E-state index in [2.05, 4.69) is 4.98 Å². The lowest BCUT2D eigenvalue weighted by molar-refractivity contribution is 0.0595. The molecule has 0 saturated heterocycles. The lowest BCUT2D eigenvalue weighted by Gasteiger charge is -2.31. The van der Waals surface area contributed by atoms with Crippen LogP contribution in [-0.2, 0) is 17.8 Å². The van der Waals surface area contributed by atoms with Gasteiger partial charge in [0.05, 0.1) is 24.6 Å². The van der Waals surface area contributed by atoms with Crippen molar-refractivity contribution in [1.29, 1.82) is 0 Å². The molecule has 166 valence electrons. The normalized spacial score (nSPS) is 12.9. The van der Waals surface area contributed by atoms with Gasteiger partial charge < -0.3 is 18.8 Å². The smallest absolute Gasteiger partial charge is 0.341 e. The highest BCUT2D eigenvalue weighted by Gasteiger charge is 2.28. The standard InChI is InChI=1S/C26H22N2O5/c1-31-26(30)19-13-15-32-23(19)16-33-22-10-4-7-18-8-5-14-28(24(18)22)25(29)21-12-11-17-6-2-3-9-20(17)27-21/h2-4,6-7,9-13,15H,5,8,14,16H2,1H3. The van der Waals surface area contributed by atoms with Crippen LogP contribution in [0.5, 0.6) is 5.75 Å². The minimum Gasteiger partial charge on any atom is -0.483 e. The van der Waals surface area contributed by atoms with Crippen LogP contribution in [0, 0.1) is 0 Å².